The van der Waals surface area contributed by atoms with Crippen molar-refractivity contribution in [1.82, 2.24) is 4.90 Å². The highest BCUT2D eigenvalue weighted by atomic mass is 35.5. The predicted octanol–water partition coefficient (Wildman–Crippen LogP) is 2.64. The number of amides is 1. The van der Waals surface area contributed by atoms with Crippen LogP contribution in [-0.2, 0) is 9.84 Å². The fourth-order valence-electron chi connectivity index (χ4n) is 2.30. The largest absolute Gasteiger partial charge is 0.339 e. The van der Waals surface area contributed by atoms with E-state index in [1.807, 2.05) is 0 Å². The number of hydrogen-bond donors (Lipinski definition) is 0. The van der Waals surface area contributed by atoms with Crippen molar-refractivity contribution in [3.05, 3.63) is 33.8 Å². The van der Waals surface area contributed by atoms with E-state index < -0.39 is 9.84 Å². The highest BCUT2D eigenvalue weighted by molar-refractivity contribution is 7.91. The van der Waals surface area contributed by atoms with Crippen LogP contribution in [0.1, 0.15) is 23.2 Å². The molecular formula is C13H15Cl2NO3S. The van der Waals surface area contributed by atoms with Gasteiger partial charge in [-0.2, -0.15) is 0 Å². The van der Waals surface area contributed by atoms with Gasteiger partial charge in [-0.25, -0.2) is 8.42 Å². The van der Waals surface area contributed by atoms with Crippen LogP contribution < -0.4 is 0 Å². The maximum absolute atomic E-state index is 12.3. The molecule has 1 heterocycles. The maximum Gasteiger partial charge on any atom is 0.253 e. The fraction of sp³-hybridized carbons (Fsp3) is 0.462. The van der Waals surface area contributed by atoms with E-state index in [2.05, 4.69) is 0 Å². The summed E-state index contributed by atoms with van der Waals surface area (Å²) >= 11 is 11.7. The molecule has 1 aromatic carbocycles. The third-order valence-electron chi connectivity index (χ3n) is 3.50. The molecule has 1 amide bonds. The SMILES string of the molecule is CS(=O)(=O)C1CCN(C(=O)c2ccc(Cl)c(Cl)c2)CC1. The van der Waals surface area contributed by atoms with Crippen molar-refractivity contribution in [2.45, 2.75) is 18.1 Å². The molecule has 7 heteroatoms. The lowest BCUT2D eigenvalue weighted by Gasteiger charge is -2.31. The first-order chi connectivity index (χ1) is 9.29. The average molecular weight is 336 g/mol. The van der Waals surface area contributed by atoms with Gasteiger partial charge in [0.05, 0.1) is 15.3 Å². The molecule has 1 saturated heterocycles. The summed E-state index contributed by atoms with van der Waals surface area (Å²) in [6, 6.07) is 4.74. The summed E-state index contributed by atoms with van der Waals surface area (Å²) in [5.41, 5.74) is 0.470. The van der Waals surface area contributed by atoms with Gasteiger partial charge in [0, 0.05) is 24.9 Å². The third kappa shape index (κ3) is 3.45. The van der Waals surface area contributed by atoms with Crippen molar-refractivity contribution in [2.24, 2.45) is 0 Å². The van der Waals surface area contributed by atoms with Crippen molar-refractivity contribution in [3.8, 4) is 0 Å². The molecule has 0 bridgehead atoms. The minimum absolute atomic E-state index is 0.143. The molecule has 2 rings (SSSR count). The zero-order valence-electron chi connectivity index (χ0n) is 11.0. The second-order valence-corrected chi connectivity index (χ2v) is 8.09. The second kappa shape index (κ2) is 5.92. The first-order valence-electron chi connectivity index (χ1n) is 6.22. The Morgan fingerprint density at radius 2 is 1.80 bits per heavy atom. The van der Waals surface area contributed by atoms with Crippen molar-refractivity contribution < 1.29 is 13.2 Å². The molecule has 0 radical (unpaired) electrons. The van der Waals surface area contributed by atoms with Crippen LogP contribution in [0.5, 0.6) is 0 Å². The Morgan fingerprint density at radius 1 is 1.20 bits per heavy atom. The van der Waals surface area contributed by atoms with E-state index in [1.54, 1.807) is 17.0 Å². The van der Waals surface area contributed by atoms with E-state index in [0.717, 1.165) is 0 Å². The summed E-state index contributed by atoms with van der Waals surface area (Å²) in [5, 5.41) is 0.392. The van der Waals surface area contributed by atoms with Gasteiger partial charge in [0.1, 0.15) is 9.84 Å². The van der Waals surface area contributed by atoms with E-state index in [9.17, 15) is 13.2 Å². The Hall–Kier alpha value is -0.780. The zero-order valence-corrected chi connectivity index (χ0v) is 13.3. The fourth-order valence-corrected chi connectivity index (χ4v) is 3.66. The minimum atomic E-state index is -3.03. The van der Waals surface area contributed by atoms with Gasteiger partial charge >= 0.3 is 0 Å². The standard InChI is InChI=1S/C13H15Cl2NO3S/c1-20(18,19)10-4-6-16(7-5-10)13(17)9-2-3-11(14)12(15)8-9/h2-3,8,10H,4-7H2,1H3. The Bertz CT molecular complexity index is 623. The average Bonchev–Trinajstić information content (AvgIpc) is 2.40. The molecule has 0 atom stereocenters. The normalized spacial score (nSPS) is 17.2. The van der Waals surface area contributed by atoms with Gasteiger partial charge in [0.2, 0.25) is 0 Å². The smallest absolute Gasteiger partial charge is 0.253 e. The number of likely N-dealkylation sites (tertiary alicyclic amines) is 1. The number of halogens is 2. The molecule has 1 aromatic rings. The van der Waals surface area contributed by atoms with E-state index in [4.69, 9.17) is 23.2 Å². The van der Waals surface area contributed by atoms with E-state index in [1.165, 1.54) is 12.3 Å². The molecular weight excluding hydrogens is 321 g/mol. The molecule has 0 N–H and O–H groups in total. The first-order valence-corrected chi connectivity index (χ1v) is 8.93. The highest BCUT2D eigenvalue weighted by Crippen LogP contribution is 2.24. The highest BCUT2D eigenvalue weighted by Gasteiger charge is 2.29. The molecule has 1 aliphatic heterocycles. The Kier molecular flexibility index (Phi) is 4.62. The van der Waals surface area contributed by atoms with E-state index >= 15 is 0 Å². The van der Waals surface area contributed by atoms with Crippen LogP contribution in [0.2, 0.25) is 10.0 Å². The molecule has 20 heavy (non-hydrogen) atoms. The molecule has 4 nitrogen and oxygen atoms in total. The minimum Gasteiger partial charge on any atom is -0.339 e. The van der Waals surface area contributed by atoms with Gasteiger partial charge in [-0.15, -0.1) is 0 Å². The Labute approximate surface area is 128 Å². The summed E-state index contributed by atoms with van der Waals surface area (Å²) in [4.78, 5) is 13.9. The molecule has 1 aliphatic rings. The molecule has 0 aliphatic carbocycles. The number of hydrogen-bond acceptors (Lipinski definition) is 3. The van der Waals surface area contributed by atoms with Gasteiger partial charge in [-0.05, 0) is 31.0 Å². The molecule has 0 saturated carbocycles. The lowest BCUT2D eigenvalue weighted by molar-refractivity contribution is 0.0726. The Morgan fingerprint density at radius 3 is 2.30 bits per heavy atom. The summed E-state index contributed by atoms with van der Waals surface area (Å²) in [7, 11) is -3.03. The predicted molar refractivity (Wildman–Crippen MR) is 80.2 cm³/mol. The van der Waals surface area contributed by atoms with Crippen LogP contribution in [0, 0.1) is 0 Å². The monoisotopic (exact) mass is 335 g/mol. The van der Waals surface area contributed by atoms with Gasteiger partial charge in [0.15, 0.2) is 0 Å². The number of carbonyl (C=O) groups excluding carboxylic acids is 1. The zero-order chi connectivity index (χ0) is 14.9. The first kappa shape index (κ1) is 15.6. The van der Waals surface area contributed by atoms with Crippen molar-refractivity contribution in [3.63, 3.8) is 0 Å². The summed E-state index contributed by atoms with van der Waals surface area (Å²) in [6.45, 7) is 0.883. The number of sulfone groups is 1. The molecule has 0 aromatic heterocycles. The van der Waals surface area contributed by atoms with Gasteiger partial charge in [0.25, 0.3) is 5.91 Å². The third-order valence-corrected chi connectivity index (χ3v) is 5.92. The number of rotatable bonds is 2. The number of nitrogens with zero attached hydrogens (tertiary/aromatic N) is 1. The van der Waals surface area contributed by atoms with E-state index in [-0.39, 0.29) is 11.2 Å². The van der Waals surface area contributed by atoms with Crippen LogP contribution in [0.25, 0.3) is 0 Å². The summed E-state index contributed by atoms with van der Waals surface area (Å²) in [6.07, 6.45) is 2.20. The second-order valence-electron chi connectivity index (χ2n) is 4.95. The van der Waals surface area contributed by atoms with Crippen molar-refractivity contribution >= 4 is 38.9 Å². The maximum atomic E-state index is 12.3. The number of carbonyl (C=O) groups is 1. The number of benzene rings is 1. The quantitative estimate of drug-likeness (QED) is 0.834. The van der Waals surface area contributed by atoms with Crippen LogP contribution in [-0.4, -0.2) is 43.8 Å². The summed E-state index contributed by atoms with van der Waals surface area (Å²) < 4.78 is 23.0. The van der Waals surface area contributed by atoms with Crippen LogP contribution in [0.4, 0.5) is 0 Å². The van der Waals surface area contributed by atoms with Gasteiger partial charge in [-0.1, -0.05) is 23.2 Å². The van der Waals surface area contributed by atoms with Crippen LogP contribution >= 0.6 is 23.2 Å². The van der Waals surface area contributed by atoms with Crippen molar-refractivity contribution in [2.75, 3.05) is 19.3 Å². The van der Waals surface area contributed by atoms with Crippen LogP contribution in [0.3, 0.4) is 0 Å². The molecule has 1 fully saturated rings. The summed E-state index contributed by atoms with van der Waals surface area (Å²) in [5.74, 6) is -0.143. The lowest BCUT2D eigenvalue weighted by Crippen LogP contribution is -2.42. The molecule has 0 unspecified atom stereocenters. The molecule has 110 valence electrons. The van der Waals surface area contributed by atoms with Gasteiger partial charge < -0.3 is 4.90 Å². The lowest BCUT2D eigenvalue weighted by atomic mass is 10.1. The van der Waals surface area contributed by atoms with Crippen molar-refractivity contribution in [1.29, 1.82) is 0 Å². The number of piperidine rings is 1. The van der Waals surface area contributed by atoms with Crippen LogP contribution in [0.15, 0.2) is 18.2 Å². The van der Waals surface area contributed by atoms with E-state index in [0.29, 0.717) is 41.5 Å². The molecule has 0 spiro atoms. The topological polar surface area (TPSA) is 54.5 Å². The Balaban J connectivity index is 2.07. The van der Waals surface area contributed by atoms with Gasteiger partial charge in [-0.3, -0.25) is 4.79 Å².